The molecule has 0 aromatic heterocycles. The summed E-state index contributed by atoms with van der Waals surface area (Å²) in [4.78, 5) is 28.3. The molecule has 230 valence electrons. The van der Waals surface area contributed by atoms with Crippen LogP contribution in [0.25, 0.3) is 0 Å². The number of hydrogen-bond donors (Lipinski definition) is 3. The van der Waals surface area contributed by atoms with E-state index in [9.17, 15) is 23.1 Å². The number of fused-ring (bicyclic) bond motifs is 1. The summed E-state index contributed by atoms with van der Waals surface area (Å²) in [5, 5.41) is 15.8. The molecule has 11 nitrogen and oxygen atoms in total. The number of aliphatic hydroxyl groups is 1. The number of rotatable bonds is 9. The van der Waals surface area contributed by atoms with Gasteiger partial charge in [-0.05, 0) is 67.6 Å². The van der Waals surface area contributed by atoms with Crippen LogP contribution in [0.3, 0.4) is 0 Å². The molecule has 0 aliphatic carbocycles. The Bertz CT molecular complexity index is 1550. The van der Waals surface area contributed by atoms with Crippen LogP contribution in [0.15, 0.2) is 71.6 Å². The Labute approximate surface area is 256 Å². The summed E-state index contributed by atoms with van der Waals surface area (Å²) in [5.74, 6) is -0.0214. The lowest BCUT2D eigenvalue weighted by molar-refractivity contribution is 0.0389. The van der Waals surface area contributed by atoms with Crippen LogP contribution in [0.5, 0.6) is 11.5 Å². The number of sulfonamides is 1. The van der Waals surface area contributed by atoms with Crippen molar-refractivity contribution in [2.45, 2.75) is 30.9 Å². The van der Waals surface area contributed by atoms with Crippen LogP contribution >= 0.6 is 11.6 Å². The fraction of sp³-hybridized carbons (Fsp3) is 0.333. The molecular formula is C30H35ClN4O7S. The van der Waals surface area contributed by atoms with Crippen LogP contribution in [-0.2, 0) is 10.0 Å². The molecule has 1 aliphatic heterocycles. The summed E-state index contributed by atoms with van der Waals surface area (Å²) >= 11 is 5.95. The Hall–Kier alpha value is -3.84. The number of halogens is 1. The first-order chi connectivity index (χ1) is 20.4. The van der Waals surface area contributed by atoms with Gasteiger partial charge in [-0.1, -0.05) is 24.6 Å². The van der Waals surface area contributed by atoms with E-state index in [-0.39, 0.29) is 53.4 Å². The second-order valence-electron chi connectivity index (χ2n) is 10.4. The number of methoxy groups -OCH3 is 1. The molecule has 0 bridgehead atoms. The number of hydrogen-bond acceptors (Lipinski definition) is 7. The quantitative estimate of drug-likeness (QED) is 0.316. The average molecular weight is 631 g/mol. The molecule has 3 amide bonds. The van der Waals surface area contributed by atoms with Gasteiger partial charge >= 0.3 is 6.03 Å². The van der Waals surface area contributed by atoms with Crippen molar-refractivity contribution >= 4 is 44.9 Å². The van der Waals surface area contributed by atoms with Crippen LogP contribution in [-0.4, -0.2) is 80.7 Å². The van der Waals surface area contributed by atoms with E-state index in [1.54, 1.807) is 56.5 Å². The van der Waals surface area contributed by atoms with Gasteiger partial charge in [0.15, 0.2) is 5.75 Å². The molecule has 43 heavy (non-hydrogen) atoms. The number of para-hydroxylation sites is 1. The van der Waals surface area contributed by atoms with E-state index in [1.807, 2.05) is 6.92 Å². The van der Waals surface area contributed by atoms with Crippen molar-refractivity contribution in [1.82, 2.24) is 9.21 Å². The molecule has 1 aliphatic rings. The molecule has 3 aromatic rings. The monoisotopic (exact) mass is 630 g/mol. The van der Waals surface area contributed by atoms with E-state index in [1.165, 1.54) is 40.5 Å². The number of nitrogens with one attached hydrogen (secondary N) is 2. The van der Waals surface area contributed by atoms with E-state index in [2.05, 4.69) is 10.6 Å². The van der Waals surface area contributed by atoms with Crippen LogP contribution in [0, 0.1) is 5.92 Å². The topological polar surface area (TPSA) is 138 Å². The number of ether oxygens (including phenoxy) is 2. The Morgan fingerprint density at radius 2 is 1.81 bits per heavy atom. The zero-order valence-electron chi connectivity index (χ0n) is 24.3. The average Bonchev–Trinajstić information content (AvgIpc) is 2.99. The third kappa shape index (κ3) is 7.39. The molecular weight excluding hydrogens is 596 g/mol. The number of carbonyl (C=O) groups excluding carboxylic acids is 2. The highest BCUT2D eigenvalue weighted by Crippen LogP contribution is 2.35. The summed E-state index contributed by atoms with van der Waals surface area (Å²) in [6.45, 7) is 3.44. The zero-order valence-corrected chi connectivity index (χ0v) is 25.9. The summed E-state index contributed by atoms with van der Waals surface area (Å²) < 4.78 is 39.5. The SMILES string of the molecule is COc1ccc(NC(=O)Nc2cccc3c2O[C@@H](CN(C)S(=O)(=O)c2ccc(Cl)cc2)[C@@H](C)CN([C@H](C)CO)C3=O)cc1. The van der Waals surface area contributed by atoms with Crippen LogP contribution < -0.4 is 20.1 Å². The number of carbonyl (C=O) groups is 2. The van der Waals surface area contributed by atoms with Crippen molar-refractivity contribution in [3.8, 4) is 11.5 Å². The largest absolute Gasteiger partial charge is 0.497 e. The van der Waals surface area contributed by atoms with Crippen molar-refractivity contribution in [1.29, 1.82) is 0 Å². The normalized spacial score (nSPS) is 17.7. The highest BCUT2D eigenvalue weighted by molar-refractivity contribution is 7.89. The first-order valence-electron chi connectivity index (χ1n) is 13.6. The summed E-state index contributed by atoms with van der Waals surface area (Å²) in [5.41, 5.74) is 0.899. The Morgan fingerprint density at radius 3 is 2.44 bits per heavy atom. The highest BCUT2D eigenvalue weighted by Gasteiger charge is 2.36. The first kappa shape index (κ1) is 32.1. The van der Waals surface area contributed by atoms with Gasteiger partial charge in [-0.2, -0.15) is 4.31 Å². The smallest absolute Gasteiger partial charge is 0.323 e. The van der Waals surface area contributed by atoms with E-state index in [4.69, 9.17) is 21.1 Å². The lowest BCUT2D eigenvalue weighted by Gasteiger charge is -2.38. The number of benzene rings is 3. The minimum atomic E-state index is -3.91. The zero-order chi connectivity index (χ0) is 31.3. The van der Waals surface area contributed by atoms with Gasteiger partial charge < -0.3 is 30.1 Å². The molecule has 3 atom stereocenters. The number of urea groups is 1. The Balaban J connectivity index is 1.67. The molecule has 0 saturated carbocycles. The highest BCUT2D eigenvalue weighted by atomic mass is 35.5. The molecule has 4 rings (SSSR count). The molecule has 0 radical (unpaired) electrons. The minimum absolute atomic E-state index is 0.0620. The van der Waals surface area contributed by atoms with Crippen LogP contribution in [0.1, 0.15) is 24.2 Å². The number of nitrogens with zero attached hydrogens (tertiary/aromatic N) is 2. The first-order valence-corrected chi connectivity index (χ1v) is 15.4. The molecule has 3 aromatic carbocycles. The van der Waals surface area contributed by atoms with Crippen molar-refractivity contribution in [3.63, 3.8) is 0 Å². The molecule has 0 saturated heterocycles. The van der Waals surface area contributed by atoms with E-state index in [0.29, 0.717) is 16.5 Å². The predicted molar refractivity (Wildman–Crippen MR) is 165 cm³/mol. The molecule has 1 heterocycles. The van der Waals surface area contributed by atoms with Crippen molar-refractivity contribution in [2.75, 3.05) is 44.5 Å². The minimum Gasteiger partial charge on any atom is -0.497 e. The second kappa shape index (κ2) is 13.6. The summed E-state index contributed by atoms with van der Waals surface area (Å²) in [6.07, 6.45) is -0.736. The van der Waals surface area contributed by atoms with E-state index in [0.717, 1.165) is 0 Å². The van der Waals surface area contributed by atoms with Gasteiger partial charge in [-0.3, -0.25) is 4.79 Å². The van der Waals surface area contributed by atoms with E-state index >= 15 is 0 Å². The van der Waals surface area contributed by atoms with Crippen LogP contribution in [0.4, 0.5) is 16.2 Å². The maximum atomic E-state index is 13.7. The van der Waals surface area contributed by atoms with Gasteiger partial charge in [0, 0.05) is 30.2 Å². The fourth-order valence-corrected chi connectivity index (χ4v) is 5.97. The third-order valence-electron chi connectivity index (χ3n) is 7.25. The van der Waals surface area contributed by atoms with Crippen LogP contribution in [0.2, 0.25) is 5.02 Å². The van der Waals surface area contributed by atoms with Gasteiger partial charge in [0.05, 0.1) is 42.4 Å². The predicted octanol–water partition coefficient (Wildman–Crippen LogP) is 4.53. The standard InChI is InChI=1S/C30H35ClN4O7S/c1-19-16-35(20(2)18-36)29(37)25-6-5-7-26(33-30(38)32-22-10-12-23(41-4)13-11-22)28(25)42-27(19)17-34(3)43(39,40)24-14-8-21(31)9-15-24/h5-15,19-20,27,36H,16-18H2,1-4H3,(H2,32,33,38)/t19-,20+,27-/m0/s1. The molecule has 3 N–H and O–H groups in total. The lowest BCUT2D eigenvalue weighted by Crippen LogP contribution is -2.50. The van der Waals surface area contributed by atoms with Crippen molar-refractivity contribution in [3.05, 3.63) is 77.3 Å². The fourth-order valence-electron chi connectivity index (χ4n) is 4.66. The van der Waals surface area contributed by atoms with Gasteiger partial charge in [-0.15, -0.1) is 0 Å². The van der Waals surface area contributed by atoms with Gasteiger partial charge in [0.1, 0.15) is 11.9 Å². The molecule has 13 heteroatoms. The van der Waals surface area contributed by atoms with E-state index < -0.39 is 28.2 Å². The molecule has 0 fully saturated rings. The van der Waals surface area contributed by atoms with Crippen molar-refractivity contribution < 1.29 is 32.6 Å². The number of likely N-dealkylation sites (N-methyl/N-ethyl adjacent to an activating group) is 1. The van der Waals surface area contributed by atoms with Gasteiger partial charge in [0.2, 0.25) is 10.0 Å². The summed E-state index contributed by atoms with van der Waals surface area (Å²) in [6, 6.07) is 16.3. The third-order valence-corrected chi connectivity index (χ3v) is 9.34. The van der Waals surface area contributed by atoms with Crippen molar-refractivity contribution in [2.24, 2.45) is 5.92 Å². The Morgan fingerprint density at radius 1 is 1.14 bits per heavy atom. The maximum absolute atomic E-state index is 13.7. The molecule has 0 unspecified atom stereocenters. The van der Waals surface area contributed by atoms with Gasteiger partial charge in [0.25, 0.3) is 5.91 Å². The number of anilines is 2. The number of amides is 3. The molecule has 0 spiro atoms. The number of aliphatic hydroxyl groups excluding tert-OH is 1. The second-order valence-corrected chi connectivity index (χ2v) is 12.8. The van der Waals surface area contributed by atoms with Gasteiger partial charge in [-0.25, -0.2) is 13.2 Å². The Kier molecular flexibility index (Phi) is 10.2. The summed E-state index contributed by atoms with van der Waals surface area (Å²) in [7, 11) is -0.913. The maximum Gasteiger partial charge on any atom is 0.323 e. The lowest BCUT2D eigenvalue weighted by atomic mass is 9.99.